The van der Waals surface area contributed by atoms with Crippen LogP contribution >= 0.6 is 0 Å². The molecule has 0 saturated heterocycles. The third-order valence-electron chi connectivity index (χ3n) is 9.79. The Morgan fingerprint density at radius 3 is 1.49 bits per heavy atom. The first-order valence-corrected chi connectivity index (χ1v) is 15.6. The molecule has 3 aliphatic rings. The number of aliphatic hydroxyl groups excluding tert-OH is 2. The Bertz CT molecular complexity index is 2320. The standard InChI is InChI=1S/C36H28O17/c37-12-5-14(39)24(15(40)6-12)28-26-17(42)9-23-27(34(26)51-33(32(28)49)10-1-18(43)30(47)19(44)2-10)29-25-16(41)7-13(38)8-22(25)52-36(53-23,35(29)50)11-3-20(45)31(48)21(46)4-11/h1-9,28-29,32-33,35,37-50H. The molecule has 274 valence electrons. The van der Waals surface area contributed by atoms with Gasteiger partial charge in [0.2, 0.25) is 0 Å². The van der Waals surface area contributed by atoms with Crippen LogP contribution in [0.3, 0.4) is 0 Å². The number of hydrogen-bond acceptors (Lipinski definition) is 17. The number of phenolic OH excluding ortho intramolecular Hbond substituents is 12. The lowest BCUT2D eigenvalue weighted by atomic mass is 9.72. The van der Waals surface area contributed by atoms with E-state index in [1.165, 1.54) is 0 Å². The van der Waals surface area contributed by atoms with E-state index in [0.717, 1.165) is 54.6 Å². The number of hydrogen-bond donors (Lipinski definition) is 14. The Morgan fingerprint density at radius 2 is 0.925 bits per heavy atom. The van der Waals surface area contributed by atoms with Crippen molar-refractivity contribution in [2.45, 2.75) is 35.9 Å². The maximum atomic E-state index is 12.2. The van der Waals surface area contributed by atoms with Crippen LogP contribution in [0.1, 0.15) is 51.3 Å². The predicted octanol–water partition coefficient (Wildman–Crippen LogP) is 2.91. The highest BCUT2D eigenvalue weighted by atomic mass is 16.7. The molecule has 0 radical (unpaired) electrons. The zero-order valence-electron chi connectivity index (χ0n) is 26.6. The van der Waals surface area contributed by atoms with E-state index in [9.17, 15) is 71.5 Å². The van der Waals surface area contributed by atoms with Crippen LogP contribution in [0, 0.1) is 0 Å². The average molecular weight is 733 g/mol. The monoisotopic (exact) mass is 732 g/mol. The molecular formula is C36H28O17. The first-order valence-electron chi connectivity index (χ1n) is 15.6. The van der Waals surface area contributed by atoms with Gasteiger partial charge in [0, 0.05) is 63.7 Å². The van der Waals surface area contributed by atoms with Gasteiger partial charge in [0.25, 0.3) is 0 Å². The molecule has 0 fully saturated rings. The van der Waals surface area contributed by atoms with Crippen LogP contribution in [0.2, 0.25) is 0 Å². The SMILES string of the molecule is Oc1cc(O)c(C2c3c(O)cc4c(c3OC(c3cc(O)c(O)c(O)c3)C2O)C2c3c(O)cc(O)cc3OC(c3cc(O)c(O)c(O)c3)(O4)C2O)c(O)c1. The van der Waals surface area contributed by atoms with E-state index in [1.54, 1.807) is 0 Å². The summed E-state index contributed by atoms with van der Waals surface area (Å²) in [6.45, 7) is 0. The molecule has 5 aromatic carbocycles. The number of ether oxygens (including phenoxy) is 3. The van der Waals surface area contributed by atoms with E-state index in [4.69, 9.17) is 14.2 Å². The van der Waals surface area contributed by atoms with Gasteiger partial charge in [0.1, 0.15) is 64.0 Å². The summed E-state index contributed by atoms with van der Waals surface area (Å²) < 4.78 is 18.7. The lowest BCUT2D eigenvalue weighted by Gasteiger charge is -2.51. The molecule has 2 bridgehead atoms. The van der Waals surface area contributed by atoms with Crippen molar-refractivity contribution in [2.75, 3.05) is 0 Å². The maximum Gasteiger partial charge on any atom is 0.305 e. The summed E-state index contributed by atoms with van der Waals surface area (Å²) in [6, 6.07) is 8.40. The van der Waals surface area contributed by atoms with Crippen molar-refractivity contribution in [1.82, 2.24) is 0 Å². The largest absolute Gasteiger partial charge is 0.508 e. The van der Waals surface area contributed by atoms with Crippen molar-refractivity contribution in [3.8, 4) is 86.2 Å². The topological polar surface area (TPSA) is 311 Å². The van der Waals surface area contributed by atoms with Gasteiger partial charge in [0.15, 0.2) is 40.6 Å². The van der Waals surface area contributed by atoms with Crippen molar-refractivity contribution in [1.29, 1.82) is 0 Å². The van der Waals surface area contributed by atoms with Gasteiger partial charge in [-0.1, -0.05) is 0 Å². The van der Waals surface area contributed by atoms with Crippen molar-refractivity contribution >= 4 is 0 Å². The van der Waals surface area contributed by atoms with Gasteiger partial charge in [-0.05, 0) is 24.3 Å². The van der Waals surface area contributed by atoms with Crippen molar-refractivity contribution in [2.24, 2.45) is 0 Å². The second kappa shape index (κ2) is 11.0. The van der Waals surface area contributed by atoms with E-state index in [0.29, 0.717) is 0 Å². The molecule has 0 amide bonds. The molecule has 8 rings (SSSR count). The van der Waals surface area contributed by atoms with Crippen molar-refractivity contribution < 1.29 is 85.7 Å². The Hall–Kier alpha value is -6.98. The Labute approximate surface area is 295 Å². The lowest BCUT2D eigenvalue weighted by Crippen LogP contribution is -2.57. The molecule has 6 atom stereocenters. The van der Waals surface area contributed by atoms with Crippen LogP contribution in [0.25, 0.3) is 0 Å². The predicted molar refractivity (Wildman–Crippen MR) is 174 cm³/mol. The highest BCUT2D eigenvalue weighted by Gasteiger charge is 2.61. The molecule has 53 heavy (non-hydrogen) atoms. The summed E-state index contributed by atoms with van der Waals surface area (Å²) in [5.74, 6) is -15.8. The van der Waals surface area contributed by atoms with E-state index in [2.05, 4.69) is 0 Å². The molecule has 5 aromatic rings. The summed E-state index contributed by atoms with van der Waals surface area (Å²) >= 11 is 0. The fraction of sp³-hybridized carbons (Fsp3) is 0.167. The third kappa shape index (κ3) is 4.57. The molecule has 0 aromatic heterocycles. The number of aliphatic hydroxyl groups is 2. The normalized spacial score (nSPS) is 23.8. The van der Waals surface area contributed by atoms with Crippen molar-refractivity contribution in [3.63, 3.8) is 0 Å². The molecule has 17 heteroatoms. The summed E-state index contributed by atoms with van der Waals surface area (Å²) in [5.41, 5.74) is -1.57. The van der Waals surface area contributed by atoms with E-state index >= 15 is 0 Å². The molecule has 0 saturated carbocycles. The third-order valence-corrected chi connectivity index (χ3v) is 9.79. The van der Waals surface area contributed by atoms with Gasteiger partial charge in [-0.25, -0.2) is 0 Å². The summed E-state index contributed by atoms with van der Waals surface area (Å²) in [4.78, 5) is 0. The molecule has 0 spiro atoms. The fourth-order valence-corrected chi connectivity index (χ4v) is 7.54. The quantitative estimate of drug-likeness (QED) is 0.119. The smallest absolute Gasteiger partial charge is 0.305 e. The minimum atomic E-state index is -2.46. The fourth-order valence-electron chi connectivity index (χ4n) is 7.54. The first-order chi connectivity index (χ1) is 25.0. The second-order valence-corrected chi connectivity index (χ2v) is 12.9. The van der Waals surface area contributed by atoms with Gasteiger partial charge >= 0.3 is 5.79 Å². The average Bonchev–Trinajstić information content (AvgIpc) is 3.06. The maximum absolute atomic E-state index is 12.2. The number of benzene rings is 5. The number of phenols is 12. The van der Waals surface area contributed by atoms with Crippen LogP contribution in [0.4, 0.5) is 0 Å². The Kier molecular flexibility index (Phi) is 6.89. The van der Waals surface area contributed by atoms with Crippen LogP contribution in [-0.2, 0) is 5.79 Å². The van der Waals surface area contributed by atoms with Gasteiger partial charge < -0.3 is 85.7 Å². The van der Waals surface area contributed by atoms with Crippen LogP contribution < -0.4 is 14.2 Å². The Balaban J connectivity index is 1.46. The van der Waals surface area contributed by atoms with Gasteiger partial charge in [0.05, 0.1) is 11.8 Å². The molecule has 6 unspecified atom stereocenters. The zero-order chi connectivity index (χ0) is 38.0. The van der Waals surface area contributed by atoms with Gasteiger partial charge in [-0.2, -0.15) is 0 Å². The second-order valence-electron chi connectivity index (χ2n) is 12.9. The molecule has 14 N–H and O–H groups in total. The zero-order valence-corrected chi connectivity index (χ0v) is 26.6. The summed E-state index contributed by atoms with van der Waals surface area (Å²) in [5, 5.41) is 151. The van der Waals surface area contributed by atoms with Crippen LogP contribution in [0.5, 0.6) is 86.2 Å². The highest BCUT2D eigenvalue weighted by molar-refractivity contribution is 5.71. The molecular weight excluding hydrogens is 704 g/mol. The minimum Gasteiger partial charge on any atom is -0.508 e. The van der Waals surface area contributed by atoms with Gasteiger partial charge in [-0.3, -0.25) is 0 Å². The Morgan fingerprint density at radius 1 is 0.453 bits per heavy atom. The van der Waals surface area contributed by atoms with E-state index < -0.39 is 116 Å². The number of fused-ring (bicyclic) bond motifs is 8. The lowest BCUT2D eigenvalue weighted by molar-refractivity contribution is -0.219. The molecule has 3 aliphatic heterocycles. The van der Waals surface area contributed by atoms with Crippen LogP contribution in [-0.4, -0.2) is 83.7 Å². The minimum absolute atomic E-state index is 0.162. The van der Waals surface area contributed by atoms with E-state index in [1.807, 2.05) is 0 Å². The molecule has 17 nitrogen and oxygen atoms in total. The van der Waals surface area contributed by atoms with Crippen molar-refractivity contribution in [3.05, 3.63) is 88.0 Å². The highest BCUT2D eigenvalue weighted by Crippen LogP contribution is 2.65. The van der Waals surface area contributed by atoms with E-state index in [-0.39, 0.29) is 39.3 Å². The van der Waals surface area contributed by atoms with Crippen LogP contribution in [0.15, 0.2) is 54.6 Å². The summed E-state index contributed by atoms with van der Waals surface area (Å²) in [6.07, 6.45) is -5.56. The summed E-state index contributed by atoms with van der Waals surface area (Å²) in [7, 11) is 0. The number of aromatic hydroxyl groups is 12. The first kappa shape index (κ1) is 33.2. The molecule has 0 aliphatic carbocycles. The number of rotatable bonds is 3. The van der Waals surface area contributed by atoms with Gasteiger partial charge in [-0.15, -0.1) is 0 Å². The molecule has 3 heterocycles.